The molecule has 2 heterocycles. The summed E-state index contributed by atoms with van der Waals surface area (Å²) < 4.78 is 18.9. The van der Waals surface area contributed by atoms with Crippen molar-refractivity contribution in [2.45, 2.75) is 218 Å². The number of nitrogens with zero attached hydrogens (tertiary/aromatic N) is 2. The van der Waals surface area contributed by atoms with Gasteiger partial charge in [-0.1, -0.05) is 141 Å². The van der Waals surface area contributed by atoms with E-state index in [-0.39, 0.29) is 30.8 Å². The van der Waals surface area contributed by atoms with Crippen molar-refractivity contribution in [3.05, 3.63) is 47.1 Å². The van der Waals surface area contributed by atoms with Crippen molar-refractivity contribution >= 4 is 17.8 Å². The van der Waals surface area contributed by atoms with Gasteiger partial charge in [0.05, 0.1) is 0 Å². The fraction of sp³-hybridized carbons (Fsp3) is 0.778. The van der Waals surface area contributed by atoms with E-state index in [2.05, 4.69) is 43.1 Å². The van der Waals surface area contributed by atoms with Crippen LogP contribution in [0.4, 0.5) is 5.82 Å². The first-order chi connectivity index (χ1) is 26.4. The van der Waals surface area contributed by atoms with Crippen molar-refractivity contribution in [1.29, 1.82) is 0 Å². The second-order valence-electron chi connectivity index (χ2n) is 15.3. The summed E-state index contributed by atoms with van der Waals surface area (Å²) in [5, 5.41) is 0. The highest BCUT2D eigenvalue weighted by Gasteiger charge is 2.40. The first-order valence-electron chi connectivity index (χ1n) is 22.1. The second kappa shape index (κ2) is 32.3. The zero-order valence-corrected chi connectivity index (χ0v) is 34.3. The fourth-order valence-electron chi connectivity index (χ4n) is 6.95. The van der Waals surface area contributed by atoms with Gasteiger partial charge in [-0.25, -0.2) is 4.79 Å². The van der Waals surface area contributed by atoms with Crippen LogP contribution in [-0.4, -0.2) is 40.3 Å². The Kier molecular flexibility index (Phi) is 28.3. The molecule has 0 spiro atoms. The van der Waals surface area contributed by atoms with Crippen LogP contribution >= 0.6 is 0 Å². The third-order valence-electron chi connectivity index (χ3n) is 10.3. The quantitative estimate of drug-likeness (QED) is 0.0419. The van der Waals surface area contributed by atoms with Crippen molar-refractivity contribution in [1.82, 2.24) is 9.55 Å². The molecule has 0 bridgehead atoms. The Morgan fingerprint density at radius 1 is 0.704 bits per heavy atom. The zero-order chi connectivity index (χ0) is 38.9. The van der Waals surface area contributed by atoms with Crippen LogP contribution in [0.2, 0.25) is 0 Å². The number of nitrogen functional groups attached to an aromatic ring is 1. The third kappa shape index (κ3) is 23.8. The Balaban J connectivity index is 1.62. The summed E-state index contributed by atoms with van der Waals surface area (Å²) in [6, 6.07) is 1.53. The Labute approximate surface area is 328 Å². The summed E-state index contributed by atoms with van der Waals surface area (Å²) in [5.74, 6) is -0.461. The number of carbonyl (C=O) groups is 2. The molecular formula is C45H77N3O6. The molecule has 9 nitrogen and oxygen atoms in total. The molecule has 2 rings (SSSR count). The molecule has 0 aliphatic carbocycles. The number of aromatic nitrogens is 2. The molecule has 1 saturated heterocycles. The lowest BCUT2D eigenvalue weighted by atomic mass is 10.1. The average molecular weight is 756 g/mol. The van der Waals surface area contributed by atoms with Crippen LogP contribution in [0.25, 0.3) is 0 Å². The maximum Gasteiger partial charge on any atom is 0.351 e. The predicted octanol–water partition coefficient (Wildman–Crippen LogP) is 11.6. The van der Waals surface area contributed by atoms with Gasteiger partial charge in [0.15, 0.2) is 0 Å². The molecule has 308 valence electrons. The number of allylic oxidation sites excluding steroid dienone is 4. The predicted molar refractivity (Wildman–Crippen MR) is 221 cm³/mol. The van der Waals surface area contributed by atoms with Gasteiger partial charge in [-0.3, -0.25) is 14.2 Å². The van der Waals surface area contributed by atoms with E-state index in [4.69, 9.17) is 19.9 Å². The number of hydrogen-bond donors (Lipinski definition) is 1. The molecule has 2 N–H and O–H groups in total. The van der Waals surface area contributed by atoms with E-state index in [1.54, 1.807) is 0 Å². The van der Waals surface area contributed by atoms with Gasteiger partial charge in [-0.15, -0.1) is 0 Å². The van der Waals surface area contributed by atoms with Gasteiger partial charge in [-0.2, -0.15) is 4.98 Å². The number of esters is 2. The van der Waals surface area contributed by atoms with Crippen LogP contribution in [0.5, 0.6) is 0 Å². The van der Waals surface area contributed by atoms with Crippen LogP contribution in [0.15, 0.2) is 41.4 Å². The number of unbranched alkanes of at least 4 members (excludes halogenated alkanes) is 22. The van der Waals surface area contributed by atoms with Gasteiger partial charge in [-0.05, 0) is 70.3 Å². The van der Waals surface area contributed by atoms with Crippen molar-refractivity contribution < 1.29 is 23.8 Å². The number of carbonyl (C=O) groups excluding carboxylic acids is 2. The summed E-state index contributed by atoms with van der Waals surface area (Å²) in [7, 11) is 0. The Bertz CT molecular complexity index is 1210. The summed E-state index contributed by atoms with van der Waals surface area (Å²) in [6.07, 6.45) is 40.9. The summed E-state index contributed by atoms with van der Waals surface area (Å²) >= 11 is 0. The molecule has 1 fully saturated rings. The van der Waals surface area contributed by atoms with Crippen molar-refractivity contribution in [2.75, 3.05) is 12.3 Å². The minimum absolute atomic E-state index is 0.0388. The maximum absolute atomic E-state index is 12.8. The summed E-state index contributed by atoms with van der Waals surface area (Å²) in [6.45, 7) is 4.47. The molecule has 9 heteroatoms. The van der Waals surface area contributed by atoms with Crippen molar-refractivity contribution in [3.8, 4) is 0 Å². The van der Waals surface area contributed by atoms with E-state index in [0.29, 0.717) is 12.8 Å². The second-order valence-corrected chi connectivity index (χ2v) is 15.3. The number of nitrogens with two attached hydrogens (primary N) is 1. The fourth-order valence-corrected chi connectivity index (χ4v) is 6.95. The highest BCUT2D eigenvalue weighted by atomic mass is 16.6. The van der Waals surface area contributed by atoms with Crippen LogP contribution in [0, 0.1) is 0 Å². The van der Waals surface area contributed by atoms with Gasteiger partial charge in [0.25, 0.3) is 0 Å². The molecule has 1 aromatic rings. The molecule has 0 radical (unpaired) electrons. The van der Waals surface area contributed by atoms with Gasteiger partial charge in [0, 0.05) is 25.5 Å². The standard InChI is InChI=1S/C45H77N3O6/c1-3-5-7-9-11-13-15-17-19-21-23-25-27-29-31-33-43(49)52-38-40-39(37-42(53-40)48-36-35-41(46)47-45(48)51)54-44(50)34-32-30-28-26-24-22-20-18-16-14-12-10-8-6-4-2/h17-20,35-36,39-40,42H,3-16,21-34,37-38H2,1-2H3,(H2,46,47,51)/b19-17-,20-18-. The molecular weight excluding hydrogens is 679 g/mol. The lowest BCUT2D eigenvalue weighted by Crippen LogP contribution is -2.32. The SMILES string of the molecule is CCCCCCCC/C=C\CCCCCCCC(=O)OCC1OC(n2ccc(N)nc2=O)CC1OC(=O)CCCCCCC/C=C\CCCCCCCC. The lowest BCUT2D eigenvalue weighted by Gasteiger charge is -2.19. The van der Waals surface area contributed by atoms with E-state index in [1.807, 2.05) is 0 Å². The van der Waals surface area contributed by atoms with Crippen LogP contribution in [0.3, 0.4) is 0 Å². The molecule has 0 aromatic carbocycles. The van der Waals surface area contributed by atoms with Gasteiger partial charge < -0.3 is 19.9 Å². The van der Waals surface area contributed by atoms with Gasteiger partial charge >= 0.3 is 17.6 Å². The number of ether oxygens (including phenoxy) is 3. The molecule has 1 aliphatic heterocycles. The van der Waals surface area contributed by atoms with E-state index in [1.165, 1.54) is 120 Å². The van der Waals surface area contributed by atoms with E-state index in [9.17, 15) is 14.4 Å². The lowest BCUT2D eigenvalue weighted by molar-refractivity contribution is -0.158. The molecule has 1 aliphatic rings. The summed E-state index contributed by atoms with van der Waals surface area (Å²) in [5.41, 5.74) is 5.13. The molecule has 0 saturated carbocycles. The number of hydrogen-bond acceptors (Lipinski definition) is 8. The van der Waals surface area contributed by atoms with Crippen molar-refractivity contribution in [3.63, 3.8) is 0 Å². The summed E-state index contributed by atoms with van der Waals surface area (Å²) in [4.78, 5) is 41.8. The number of anilines is 1. The number of rotatable bonds is 34. The highest BCUT2D eigenvalue weighted by molar-refractivity contribution is 5.70. The van der Waals surface area contributed by atoms with Crippen LogP contribution < -0.4 is 11.4 Å². The molecule has 0 amide bonds. The highest BCUT2D eigenvalue weighted by Crippen LogP contribution is 2.31. The largest absolute Gasteiger partial charge is 0.463 e. The van der Waals surface area contributed by atoms with E-state index < -0.39 is 24.1 Å². The van der Waals surface area contributed by atoms with Crippen LogP contribution in [0.1, 0.15) is 206 Å². The Hall–Kier alpha value is -2.94. The van der Waals surface area contributed by atoms with Gasteiger partial charge in [0.1, 0.15) is 30.9 Å². The van der Waals surface area contributed by atoms with Crippen LogP contribution in [-0.2, 0) is 23.8 Å². The van der Waals surface area contributed by atoms with Crippen molar-refractivity contribution in [2.24, 2.45) is 0 Å². The third-order valence-corrected chi connectivity index (χ3v) is 10.3. The monoisotopic (exact) mass is 756 g/mol. The average Bonchev–Trinajstić information content (AvgIpc) is 3.55. The molecule has 1 aromatic heterocycles. The Morgan fingerprint density at radius 2 is 1.15 bits per heavy atom. The Morgan fingerprint density at radius 3 is 1.63 bits per heavy atom. The first kappa shape index (κ1) is 47.2. The zero-order valence-electron chi connectivity index (χ0n) is 34.3. The molecule has 3 unspecified atom stereocenters. The van der Waals surface area contributed by atoms with E-state index in [0.717, 1.165) is 64.2 Å². The maximum atomic E-state index is 12.8. The molecule has 54 heavy (non-hydrogen) atoms. The van der Waals surface area contributed by atoms with Gasteiger partial charge in [0.2, 0.25) is 0 Å². The smallest absolute Gasteiger partial charge is 0.351 e. The minimum Gasteiger partial charge on any atom is -0.463 e. The first-order valence-corrected chi connectivity index (χ1v) is 22.1. The normalized spacial score (nSPS) is 17.2. The molecule has 3 atom stereocenters. The minimum atomic E-state index is -0.697. The topological polar surface area (TPSA) is 123 Å². The van der Waals surface area contributed by atoms with E-state index >= 15 is 0 Å².